The van der Waals surface area contributed by atoms with E-state index in [2.05, 4.69) is 10.1 Å². The van der Waals surface area contributed by atoms with Gasteiger partial charge in [-0.2, -0.15) is 0 Å². The molecule has 0 N–H and O–H groups in total. The summed E-state index contributed by atoms with van der Waals surface area (Å²) in [5.74, 6) is 1.52. The number of aromatic nitrogens is 2. The predicted octanol–water partition coefficient (Wildman–Crippen LogP) is 3.98. The van der Waals surface area contributed by atoms with Crippen LogP contribution in [0, 0.1) is 13.8 Å². The first-order valence-electron chi connectivity index (χ1n) is 10.1. The minimum absolute atomic E-state index is 0.00309. The molecule has 0 spiro atoms. The molecule has 1 amide bonds. The Morgan fingerprint density at radius 3 is 2.79 bits per heavy atom. The molecule has 1 aromatic carbocycles. The monoisotopic (exact) mass is 393 g/mol. The Bertz CT molecular complexity index is 1090. The summed E-state index contributed by atoms with van der Waals surface area (Å²) in [6.45, 7) is 5.72. The molecule has 5 rings (SSSR count). The molecule has 0 bridgehead atoms. The zero-order valence-corrected chi connectivity index (χ0v) is 16.6. The molecule has 1 fully saturated rings. The van der Waals surface area contributed by atoms with Gasteiger partial charge in [0, 0.05) is 18.7 Å². The van der Waals surface area contributed by atoms with Crippen LogP contribution < -0.4 is 9.47 Å². The molecular weight excluding hydrogens is 370 g/mol. The number of rotatable bonds is 2. The summed E-state index contributed by atoms with van der Waals surface area (Å²) in [7, 11) is 0. The molecule has 1 unspecified atom stereocenters. The highest BCUT2D eigenvalue weighted by atomic mass is 16.5. The smallest absolute Gasteiger partial charge is 0.258 e. The lowest BCUT2D eigenvalue weighted by Crippen LogP contribution is -2.31. The van der Waals surface area contributed by atoms with Gasteiger partial charge in [-0.05, 0) is 50.5 Å². The minimum Gasteiger partial charge on any atom is -0.490 e. The summed E-state index contributed by atoms with van der Waals surface area (Å²) in [6.07, 6.45) is 2.75. The van der Waals surface area contributed by atoms with Crippen molar-refractivity contribution in [2.24, 2.45) is 0 Å². The van der Waals surface area contributed by atoms with Gasteiger partial charge in [-0.15, -0.1) is 0 Å². The van der Waals surface area contributed by atoms with Gasteiger partial charge in [-0.25, -0.2) is 4.98 Å². The van der Waals surface area contributed by atoms with Crippen molar-refractivity contribution in [3.05, 3.63) is 46.8 Å². The maximum atomic E-state index is 13.6. The number of carbonyl (C=O) groups is 1. The first-order chi connectivity index (χ1) is 14.1. The largest absolute Gasteiger partial charge is 0.490 e. The number of ether oxygens (including phenoxy) is 2. The molecule has 2 aliphatic rings. The molecular formula is C22H23N3O4. The van der Waals surface area contributed by atoms with Crippen LogP contribution in [0.25, 0.3) is 11.1 Å². The number of likely N-dealkylation sites (tertiary alicyclic amines) is 1. The van der Waals surface area contributed by atoms with E-state index in [-0.39, 0.29) is 11.9 Å². The molecule has 7 heteroatoms. The van der Waals surface area contributed by atoms with Crippen molar-refractivity contribution in [1.82, 2.24) is 15.0 Å². The van der Waals surface area contributed by atoms with Crippen LogP contribution in [-0.2, 0) is 0 Å². The van der Waals surface area contributed by atoms with Crippen molar-refractivity contribution in [3.63, 3.8) is 0 Å². The Balaban J connectivity index is 1.51. The quantitative estimate of drug-likeness (QED) is 0.655. The van der Waals surface area contributed by atoms with E-state index < -0.39 is 0 Å². The normalized spacial score (nSPS) is 18.8. The van der Waals surface area contributed by atoms with E-state index in [4.69, 9.17) is 14.0 Å². The maximum absolute atomic E-state index is 13.6. The van der Waals surface area contributed by atoms with Crippen LogP contribution in [0.5, 0.6) is 11.5 Å². The van der Waals surface area contributed by atoms with E-state index in [1.807, 2.05) is 43.0 Å². The summed E-state index contributed by atoms with van der Waals surface area (Å²) in [5.41, 5.74) is 3.51. The number of hydrogen-bond acceptors (Lipinski definition) is 6. The lowest BCUT2D eigenvalue weighted by Gasteiger charge is -2.26. The first-order valence-corrected chi connectivity index (χ1v) is 10.1. The predicted molar refractivity (Wildman–Crippen MR) is 106 cm³/mol. The zero-order valence-electron chi connectivity index (χ0n) is 16.6. The molecule has 1 atom stereocenters. The van der Waals surface area contributed by atoms with Gasteiger partial charge in [-0.1, -0.05) is 11.2 Å². The number of aryl methyl sites for hydroxylation is 2. The Morgan fingerprint density at radius 2 is 1.93 bits per heavy atom. The van der Waals surface area contributed by atoms with Gasteiger partial charge in [0.1, 0.15) is 0 Å². The Hall–Kier alpha value is -3.09. The van der Waals surface area contributed by atoms with E-state index in [9.17, 15) is 4.79 Å². The molecule has 0 aliphatic carbocycles. The van der Waals surface area contributed by atoms with Gasteiger partial charge in [-0.3, -0.25) is 4.79 Å². The molecule has 0 radical (unpaired) electrons. The second-order valence-corrected chi connectivity index (χ2v) is 7.67. The van der Waals surface area contributed by atoms with Crippen molar-refractivity contribution >= 4 is 17.0 Å². The van der Waals surface area contributed by atoms with Crippen LogP contribution in [0.15, 0.2) is 28.8 Å². The number of hydrogen-bond donors (Lipinski definition) is 0. The lowest BCUT2D eigenvalue weighted by atomic mass is 10.0. The van der Waals surface area contributed by atoms with Gasteiger partial charge in [0.2, 0.25) is 0 Å². The van der Waals surface area contributed by atoms with E-state index in [1.54, 1.807) is 0 Å². The third-order valence-corrected chi connectivity index (χ3v) is 5.65. The topological polar surface area (TPSA) is 77.7 Å². The number of benzene rings is 1. The molecule has 2 aromatic heterocycles. The minimum atomic E-state index is -0.0126. The highest BCUT2D eigenvalue weighted by molar-refractivity contribution is 6.06. The highest BCUT2D eigenvalue weighted by Gasteiger charge is 2.33. The molecule has 29 heavy (non-hydrogen) atoms. The van der Waals surface area contributed by atoms with Crippen molar-refractivity contribution in [2.75, 3.05) is 19.8 Å². The van der Waals surface area contributed by atoms with Crippen molar-refractivity contribution < 1.29 is 18.8 Å². The van der Waals surface area contributed by atoms with E-state index >= 15 is 0 Å². The molecule has 2 aliphatic heterocycles. The van der Waals surface area contributed by atoms with Crippen LogP contribution in [0.2, 0.25) is 0 Å². The van der Waals surface area contributed by atoms with Crippen molar-refractivity contribution in [3.8, 4) is 11.5 Å². The molecule has 150 valence electrons. The summed E-state index contributed by atoms with van der Waals surface area (Å²) >= 11 is 0. The van der Waals surface area contributed by atoms with Crippen LogP contribution in [-0.4, -0.2) is 40.7 Å². The third-order valence-electron chi connectivity index (χ3n) is 5.65. The van der Waals surface area contributed by atoms with Gasteiger partial charge < -0.3 is 18.9 Å². The molecule has 0 saturated carbocycles. The average molecular weight is 393 g/mol. The van der Waals surface area contributed by atoms with Gasteiger partial charge in [0.25, 0.3) is 11.6 Å². The van der Waals surface area contributed by atoms with Crippen LogP contribution in [0.1, 0.15) is 52.6 Å². The maximum Gasteiger partial charge on any atom is 0.258 e. The molecule has 3 aromatic rings. The zero-order chi connectivity index (χ0) is 20.0. The Labute approximate surface area is 168 Å². The molecule has 4 heterocycles. The number of amides is 1. The van der Waals surface area contributed by atoms with Crippen LogP contribution in [0.4, 0.5) is 0 Å². The summed E-state index contributed by atoms with van der Waals surface area (Å²) in [4.78, 5) is 19.9. The molecule has 7 nitrogen and oxygen atoms in total. The summed E-state index contributed by atoms with van der Waals surface area (Å²) < 4.78 is 16.9. The number of nitrogens with zero attached hydrogens (tertiary/aromatic N) is 3. The van der Waals surface area contributed by atoms with Crippen LogP contribution in [0.3, 0.4) is 0 Å². The second-order valence-electron chi connectivity index (χ2n) is 7.67. The fourth-order valence-electron chi connectivity index (χ4n) is 4.28. The van der Waals surface area contributed by atoms with Crippen molar-refractivity contribution in [1.29, 1.82) is 0 Å². The van der Waals surface area contributed by atoms with Gasteiger partial charge in [0.05, 0.1) is 35.9 Å². The van der Waals surface area contributed by atoms with Crippen LogP contribution >= 0.6 is 0 Å². The standard InChI is InChI=1S/C22H23N3O4/c1-13-11-16(20-14(2)24-29-21(20)23-13)22(26)25-8-3-5-17(25)15-6-7-18-19(12-15)28-10-4-9-27-18/h6-7,11-12,17H,3-5,8-10H2,1-2H3. The average Bonchev–Trinajstić information content (AvgIpc) is 3.27. The number of carbonyl (C=O) groups excluding carboxylic acids is 1. The first kappa shape index (κ1) is 18.0. The SMILES string of the molecule is Cc1cc(C(=O)N2CCCC2c2ccc3c(c2)OCCCO3)c2c(C)noc2n1. The number of fused-ring (bicyclic) bond motifs is 2. The van der Waals surface area contributed by atoms with E-state index in [0.717, 1.165) is 42.0 Å². The number of pyridine rings is 1. The fraction of sp³-hybridized carbons (Fsp3) is 0.409. The molecule has 1 saturated heterocycles. The Morgan fingerprint density at radius 1 is 1.10 bits per heavy atom. The van der Waals surface area contributed by atoms with E-state index in [0.29, 0.717) is 42.1 Å². The third kappa shape index (κ3) is 3.10. The lowest BCUT2D eigenvalue weighted by molar-refractivity contribution is 0.0737. The summed E-state index contributed by atoms with van der Waals surface area (Å²) in [6, 6.07) is 7.86. The van der Waals surface area contributed by atoms with Crippen molar-refractivity contribution in [2.45, 2.75) is 39.2 Å². The fourth-order valence-corrected chi connectivity index (χ4v) is 4.28. The van der Waals surface area contributed by atoms with E-state index in [1.165, 1.54) is 0 Å². The Kier molecular flexibility index (Phi) is 4.38. The van der Waals surface area contributed by atoms with Gasteiger partial charge >= 0.3 is 0 Å². The highest BCUT2D eigenvalue weighted by Crippen LogP contribution is 2.39. The summed E-state index contributed by atoms with van der Waals surface area (Å²) in [5, 5.41) is 4.70. The van der Waals surface area contributed by atoms with Gasteiger partial charge in [0.15, 0.2) is 11.5 Å². The second kappa shape index (κ2) is 7.06.